The summed E-state index contributed by atoms with van der Waals surface area (Å²) in [6.07, 6.45) is 2.45. The van der Waals surface area contributed by atoms with E-state index in [2.05, 4.69) is 21.4 Å². The summed E-state index contributed by atoms with van der Waals surface area (Å²) in [6, 6.07) is 8.22. The van der Waals surface area contributed by atoms with Crippen LogP contribution in [0.15, 0.2) is 18.2 Å². The quantitative estimate of drug-likeness (QED) is 0.912. The zero-order valence-electron chi connectivity index (χ0n) is 13.3. The van der Waals surface area contributed by atoms with E-state index in [0.29, 0.717) is 19.5 Å². The van der Waals surface area contributed by atoms with Crippen molar-refractivity contribution in [2.75, 3.05) is 19.6 Å². The molecule has 1 fully saturated rings. The summed E-state index contributed by atoms with van der Waals surface area (Å²) >= 11 is 0. The highest BCUT2D eigenvalue weighted by Gasteiger charge is 2.23. The lowest BCUT2D eigenvalue weighted by Gasteiger charge is -2.29. The van der Waals surface area contributed by atoms with Gasteiger partial charge < -0.3 is 15.2 Å². The van der Waals surface area contributed by atoms with Crippen molar-refractivity contribution in [3.63, 3.8) is 0 Å². The standard InChI is InChI=1S/C17H21N5O/c1-12-4-2-6-14-16(12)21-15(20-14)7-8-19-17(23)22-9-3-5-13(10-18)11-22/h2,4,6,13H,3,5,7-9,11H2,1H3,(H,19,23)(H,20,21). The maximum absolute atomic E-state index is 12.2. The Morgan fingerprint density at radius 3 is 3.22 bits per heavy atom. The Kier molecular flexibility index (Phi) is 4.47. The number of urea groups is 1. The van der Waals surface area contributed by atoms with E-state index in [1.807, 2.05) is 25.1 Å². The number of H-pyrrole nitrogens is 1. The number of benzene rings is 1. The third-order valence-electron chi connectivity index (χ3n) is 4.29. The molecule has 0 saturated carbocycles. The van der Waals surface area contributed by atoms with Crippen molar-refractivity contribution in [1.29, 1.82) is 5.26 Å². The molecule has 1 unspecified atom stereocenters. The first-order valence-electron chi connectivity index (χ1n) is 8.04. The molecule has 1 aromatic heterocycles. The fourth-order valence-corrected chi connectivity index (χ4v) is 3.01. The number of carbonyl (C=O) groups is 1. The van der Waals surface area contributed by atoms with Gasteiger partial charge in [0, 0.05) is 26.1 Å². The summed E-state index contributed by atoms with van der Waals surface area (Å²) in [5, 5.41) is 11.9. The number of hydrogen-bond donors (Lipinski definition) is 2. The molecule has 3 rings (SSSR count). The topological polar surface area (TPSA) is 84.8 Å². The summed E-state index contributed by atoms with van der Waals surface area (Å²) in [5.74, 6) is 0.844. The van der Waals surface area contributed by atoms with Crippen LogP contribution in [0.2, 0.25) is 0 Å². The smallest absolute Gasteiger partial charge is 0.317 e. The molecule has 2 heterocycles. The number of fused-ring (bicyclic) bond motifs is 1. The maximum Gasteiger partial charge on any atom is 0.317 e. The lowest BCUT2D eigenvalue weighted by atomic mass is 10.0. The highest BCUT2D eigenvalue weighted by Crippen LogP contribution is 2.16. The lowest BCUT2D eigenvalue weighted by molar-refractivity contribution is 0.176. The molecule has 120 valence electrons. The predicted molar refractivity (Wildman–Crippen MR) is 87.8 cm³/mol. The fourth-order valence-electron chi connectivity index (χ4n) is 3.01. The second-order valence-corrected chi connectivity index (χ2v) is 6.05. The van der Waals surface area contributed by atoms with Gasteiger partial charge >= 0.3 is 6.03 Å². The molecule has 0 spiro atoms. The van der Waals surface area contributed by atoms with Crippen LogP contribution in [0, 0.1) is 24.2 Å². The number of piperidine rings is 1. The molecule has 2 aromatic rings. The average Bonchev–Trinajstić information content (AvgIpc) is 2.99. The van der Waals surface area contributed by atoms with Crippen LogP contribution in [-0.2, 0) is 6.42 Å². The van der Waals surface area contributed by atoms with Gasteiger partial charge in [-0.25, -0.2) is 9.78 Å². The zero-order chi connectivity index (χ0) is 16.2. The molecule has 6 heteroatoms. The number of imidazole rings is 1. The van der Waals surface area contributed by atoms with Crippen molar-refractivity contribution in [2.45, 2.75) is 26.2 Å². The average molecular weight is 311 g/mol. The molecule has 1 aromatic carbocycles. The first kappa shape index (κ1) is 15.3. The Labute approximate surface area is 135 Å². The molecule has 0 aliphatic carbocycles. The van der Waals surface area contributed by atoms with Gasteiger partial charge in [-0.05, 0) is 31.4 Å². The van der Waals surface area contributed by atoms with Gasteiger partial charge in [0.1, 0.15) is 5.82 Å². The number of carbonyl (C=O) groups excluding carboxylic acids is 1. The van der Waals surface area contributed by atoms with E-state index >= 15 is 0 Å². The number of aromatic nitrogens is 2. The number of nitrogens with one attached hydrogen (secondary N) is 2. The number of nitriles is 1. The number of para-hydroxylation sites is 1. The molecule has 2 N–H and O–H groups in total. The SMILES string of the molecule is Cc1cccc2[nH]c(CCNC(=O)N3CCCC(C#N)C3)nc12. The fraction of sp³-hybridized carbons (Fsp3) is 0.471. The van der Waals surface area contributed by atoms with Crippen molar-refractivity contribution in [2.24, 2.45) is 5.92 Å². The van der Waals surface area contributed by atoms with Crippen molar-refractivity contribution in [3.05, 3.63) is 29.6 Å². The first-order valence-corrected chi connectivity index (χ1v) is 8.04. The molecule has 1 aliphatic heterocycles. The van der Waals surface area contributed by atoms with Gasteiger partial charge in [0.15, 0.2) is 0 Å². The van der Waals surface area contributed by atoms with Crippen LogP contribution in [0.5, 0.6) is 0 Å². The third kappa shape index (κ3) is 3.45. The van der Waals surface area contributed by atoms with Crippen LogP contribution in [0.4, 0.5) is 4.79 Å². The van der Waals surface area contributed by atoms with E-state index in [9.17, 15) is 4.79 Å². The Bertz CT molecular complexity index is 745. The molecular formula is C17H21N5O. The van der Waals surface area contributed by atoms with Crippen molar-refractivity contribution < 1.29 is 4.79 Å². The lowest BCUT2D eigenvalue weighted by Crippen LogP contribution is -2.45. The number of amides is 2. The minimum atomic E-state index is -0.0859. The number of aryl methyl sites for hydroxylation is 1. The number of aromatic amines is 1. The Morgan fingerprint density at radius 2 is 2.43 bits per heavy atom. The Hall–Kier alpha value is -2.55. The van der Waals surface area contributed by atoms with Crippen LogP contribution in [0.3, 0.4) is 0 Å². The van der Waals surface area contributed by atoms with E-state index < -0.39 is 0 Å². The molecule has 23 heavy (non-hydrogen) atoms. The minimum absolute atomic E-state index is 0.0344. The summed E-state index contributed by atoms with van der Waals surface area (Å²) in [4.78, 5) is 21.8. The number of rotatable bonds is 3. The molecule has 1 atom stereocenters. The largest absolute Gasteiger partial charge is 0.342 e. The predicted octanol–water partition coefficient (Wildman–Crippen LogP) is 2.36. The van der Waals surface area contributed by atoms with Crippen molar-refractivity contribution in [1.82, 2.24) is 20.2 Å². The summed E-state index contributed by atoms with van der Waals surface area (Å²) in [5.41, 5.74) is 3.16. The van der Waals surface area contributed by atoms with Crippen LogP contribution < -0.4 is 5.32 Å². The highest BCUT2D eigenvalue weighted by molar-refractivity contribution is 5.78. The van der Waals surface area contributed by atoms with E-state index in [1.54, 1.807) is 4.90 Å². The monoisotopic (exact) mass is 311 g/mol. The summed E-state index contributed by atoms with van der Waals surface area (Å²) in [7, 11) is 0. The van der Waals surface area contributed by atoms with Crippen LogP contribution in [-0.4, -0.2) is 40.5 Å². The molecule has 2 amide bonds. The third-order valence-corrected chi connectivity index (χ3v) is 4.29. The highest BCUT2D eigenvalue weighted by atomic mass is 16.2. The van der Waals surface area contributed by atoms with Gasteiger partial charge in [-0.1, -0.05) is 12.1 Å². The molecule has 0 radical (unpaired) electrons. The van der Waals surface area contributed by atoms with Crippen LogP contribution in [0.25, 0.3) is 11.0 Å². The van der Waals surface area contributed by atoms with E-state index in [1.165, 1.54) is 0 Å². The molecule has 1 saturated heterocycles. The minimum Gasteiger partial charge on any atom is -0.342 e. The Morgan fingerprint density at radius 1 is 1.57 bits per heavy atom. The first-order chi connectivity index (χ1) is 11.2. The van der Waals surface area contributed by atoms with Gasteiger partial charge in [-0.15, -0.1) is 0 Å². The number of hydrogen-bond acceptors (Lipinski definition) is 3. The van der Waals surface area contributed by atoms with Gasteiger partial charge in [0.2, 0.25) is 0 Å². The van der Waals surface area contributed by atoms with Crippen LogP contribution in [0.1, 0.15) is 24.2 Å². The molecule has 0 bridgehead atoms. The molecule has 1 aliphatic rings. The number of nitrogens with zero attached hydrogens (tertiary/aromatic N) is 3. The van der Waals surface area contributed by atoms with E-state index in [-0.39, 0.29) is 11.9 Å². The van der Waals surface area contributed by atoms with Gasteiger partial charge in [-0.2, -0.15) is 5.26 Å². The van der Waals surface area contributed by atoms with Gasteiger partial charge in [0.05, 0.1) is 23.0 Å². The Balaban J connectivity index is 1.53. The van der Waals surface area contributed by atoms with Crippen molar-refractivity contribution >= 4 is 17.1 Å². The molecule has 6 nitrogen and oxygen atoms in total. The maximum atomic E-state index is 12.2. The van der Waals surface area contributed by atoms with E-state index in [4.69, 9.17) is 5.26 Å². The second-order valence-electron chi connectivity index (χ2n) is 6.05. The van der Waals surface area contributed by atoms with Crippen molar-refractivity contribution in [3.8, 4) is 6.07 Å². The molecular weight excluding hydrogens is 290 g/mol. The summed E-state index contributed by atoms with van der Waals surface area (Å²) < 4.78 is 0. The number of likely N-dealkylation sites (tertiary alicyclic amines) is 1. The van der Waals surface area contributed by atoms with Gasteiger partial charge in [-0.3, -0.25) is 0 Å². The van der Waals surface area contributed by atoms with Crippen LogP contribution >= 0.6 is 0 Å². The van der Waals surface area contributed by atoms with E-state index in [0.717, 1.165) is 41.8 Å². The zero-order valence-corrected chi connectivity index (χ0v) is 13.3. The summed E-state index contributed by atoms with van der Waals surface area (Å²) in [6.45, 7) is 3.84. The second kappa shape index (κ2) is 6.69. The van der Waals surface area contributed by atoms with Gasteiger partial charge in [0.25, 0.3) is 0 Å². The normalized spacial score (nSPS) is 17.9.